The number of benzene rings is 1. The largest absolute Gasteiger partial charge is 0.349 e. The van der Waals surface area contributed by atoms with Gasteiger partial charge in [0.05, 0.1) is 11.0 Å². The standard InChI is InChI=1S/C28H32N6O5/c35-23(27(38)30-15-17-10-11-17)21(14-18-7-4-12-29-25(18)36)33-26(37)22(13-16-5-3-6-16)34-28(39)24-31-19-8-1-2-9-20(19)32-24/h1-2,4,7-9,12,16-17,21-22H,3,5-6,10-11,13-15H2,(H,29,36)(H,30,38)(H,31,32)(H,33,37)(H,34,39). The maximum Gasteiger partial charge on any atom is 0.289 e. The smallest absolute Gasteiger partial charge is 0.289 e. The fourth-order valence-corrected chi connectivity index (χ4v) is 4.70. The van der Waals surface area contributed by atoms with Crippen LogP contribution in [-0.4, -0.2) is 57.1 Å². The third-order valence-corrected chi connectivity index (χ3v) is 7.45. The van der Waals surface area contributed by atoms with E-state index in [2.05, 4.69) is 30.9 Å². The zero-order valence-electron chi connectivity index (χ0n) is 21.5. The van der Waals surface area contributed by atoms with Crippen molar-refractivity contribution in [1.29, 1.82) is 0 Å². The Morgan fingerprint density at radius 3 is 2.44 bits per heavy atom. The number of aromatic amines is 2. The highest BCUT2D eigenvalue weighted by Gasteiger charge is 2.34. The van der Waals surface area contributed by atoms with Gasteiger partial charge in [0.25, 0.3) is 17.4 Å². The minimum absolute atomic E-state index is 0.0745. The number of hydrogen-bond acceptors (Lipinski definition) is 6. The van der Waals surface area contributed by atoms with E-state index < -0.39 is 41.1 Å². The van der Waals surface area contributed by atoms with Gasteiger partial charge in [-0.05, 0) is 49.3 Å². The van der Waals surface area contributed by atoms with Crippen LogP contribution in [0.2, 0.25) is 0 Å². The molecule has 39 heavy (non-hydrogen) atoms. The lowest BCUT2D eigenvalue weighted by Crippen LogP contribution is -2.55. The molecule has 2 aliphatic carbocycles. The summed E-state index contributed by atoms with van der Waals surface area (Å²) in [6.45, 7) is 0.398. The van der Waals surface area contributed by atoms with Gasteiger partial charge in [0, 0.05) is 24.7 Å². The molecule has 0 bridgehead atoms. The first kappa shape index (κ1) is 26.3. The summed E-state index contributed by atoms with van der Waals surface area (Å²) in [4.78, 5) is 74.5. The van der Waals surface area contributed by atoms with Crippen molar-refractivity contribution in [2.75, 3.05) is 6.54 Å². The van der Waals surface area contributed by atoms with Gasteiger partial charge < -0.3 is 25.9 Å². The SMILES string of the molecule is O=C(NCC1CC1)C(=O)C(Cc1ccc[nH]c1=O)NC(=O)C(CC1CCC1)NC(=O)c1nc2ccccc2[nH]1. The van der Waals surface area contributed by atoms with Crippen LogP contribution in [0.1, 0.15) is 54.7 Å². The summed E-state index contributed by atoms with van der Waals surface area (Å²) in [7, 11) is 0. The fourth-order valence-electron chi connectivity index (χ4n) is 4.70. The van der Waals surface area contributed by atoms with Crippen LogP contribution in [0.4, 0.5) is 0 Å². The predicted octanol–water partition coefficient (Wildman–Crippen LogP) is 1.36. The molecule has 0 spiro atoms. The van der Waals surface area contributed by atoms with Crippen LogP contribution in [0.25, 0.3) is 11.0 Å². The van der Waals surface area contributed by atoms with Crippen LogP contribution in [-0.2, 0) is 20.8 Å². The van der Waals surface area contributed by atoms with Crippen LogP contribution in [0, 0.1) is 11.8 Å². The van der Waals surface area contributed by atoms with E-state index in [1.807, 2.05) is 12.1 Å². The highest BCUT2D eigenvalue weighted by molar-refractivity contribution is 6.38. The molecule has 3 aromatic rings. The number of ketones is 1. The molecule has 5 rings (SSSR count). The summed E-state index contributed by atoms with van der Waals surface area (Å²) in [5.74, 6) is -2.08. The van der Waals surface area contributed by atoms with Crippen molar-refractivity contribution in [1.82, 2.24) is 30.9 Å². The van der Waals surface area contributed by atoms with Crippen LogP contribution < -0.4 is 21.5 Å². The van der Waals surface area contributed by atoms with E-state index in [0.717, 1.165) is 32.1 Å². The lowest BCUT2D eigenvalue weighted by atomic mass is 9.80. The quantitative estimate of drug-likeness (QED) is 0.221. The second-order valence-corrected chi connectivity index (χ2v) is 10.5. The lowest BCUT2D eigenvalue weighted by molar-refractivity contribution is -0.140. The molecular weight excluding hydrogens is 500 g/mol. The number of nitrogens with zero attached hydrogens (tertiary/aromatic N) is 1. The molecule has 204 valence electrons. The Morgan fingerprint density at radius 2 is 1.74 bits per heavy atom. The zero-order chi connectivity index (χ0) is 27.4. The summed E-state index contributed by atoms with van der Waals surface area (Å²) in [5.41, 5.74) is 1.16. The number of para-hydroxylation sites is 2. The molecular formula is C28H32N6O5. The number of aromatic nitrogens is 3. The van der Waals surface area contributed by atoms with E-state index in [4.69, 9.17) is 0 Å². The summed E-state index contributed by atoms with van der Waals surface area (Å²) in [5, 5.41) is 8.07. The van der Waals surface area contributed by atoms with E-state index in [1.165, 1.54) is 6.20 Å². The average molecular weight is 533 g/mol. The molecule has 3 amide bonds. The van der Waals surface area contributed by atoms with E-state index >= 15 is 0 Å². The Hall–Kier alpha value is -4.28. The lowest BCUT2D eigenvalue weighted by Gasteiger charge is -2.30. The summed E-state index contributed by atoms with van der Waals surface area (Å²) in [6.07, 6.45) is 6.63. The summed E-state index contributed by atoms with van der Waals surface area (Å²) in [6, 6.07) is 8.15. The van der Waals surface area contributed by atoms with Crippen LogP contribution in [0.5, 0.6) is 0 Å². The molecule has 1 aromatic carbocycles. The third kappa shape index (κ3) is 6.60. The number of nitrogens with one attached hydrogen (secondary N) is 5. The number of rotatable bonds is 12. The highest BCUT2D eigenvalue weighted by atomic mass is 16.2. The Balaban J connectivity index is 1.33. The van der Waals surface area contributed by atoms with Crippen molar-refractivity contribution in [3.05, 3.63) is 64.3 Å². The highest BCUT2D eigenvalue weighted by Crippen LogP contribution is 2.30. The molecule has 0 saturated heterocycles. The zero-order valence-corrected chi connectivity index (χ0v) is 21.5. The van der Waals surface area contributed by atoms with Gasteiger partial charge in [0.2, 0.25) is 11.7 Å². The third-order valence-electron chi connectivity index (χ3n) is 7.45. The second-order valence-electron chi connectivity index (χ2n) is 10.5. The number of pyridine rings is 1. The summed E-state index contributed by atoms with van der Waals surface area (Å²) >= 11 is 0. The molecule has 5 N–H and O–H groups in total. The average Bonchev–Trinajstić information content (AvgIpc) is 3.64. The Bertz CT molecular complexity index is 1400. The molecule has 2 heterocycles. The first-order chi connectivity index (χ1) is 18.9. The number of amides is 3. The molecule has 0 aliphatic heterocycles. The Morgan fingerprint density at radius 1 is 0.949 bits per heavy atom. The molecule has 2 saturated carbocycles. The first-order valence-electron chi connectivity index (χ1n) is 13.4. The first-order valence-corrected chi connectivity index (χ1v) is 13.4. The fraction of sp³-hybridized carbons (Fsp3) is 0.429. The van der Waals surface area contributed by atoms with Gasteiger partial charge in [-0.2, -0.15) is 0 Å². The monoisotopic (exact) mass is 532 g/mol. The number of hydrogen-bond donors (Lipinski definition) is 5. The summed E-state index contributed by atoms with van der Waals surface area (Å²) < 4.78 is 0. The van der Waals surface area contributed by atoms with Gasteiger partial charge in [0.1, 0.15) is 12.1 Å². The van der Waals surface area contributed by atoms with Crippen LogP contribution in [0.3, 0.4) is 0 Å². The molecule has 11 nitrogen and oxygen atoms in total. The Kier molecular flexibility index (Phi) is 7.85. The number of Topliss-reactive ketones (excluding diaryl/α,β-unsaturated/α-hetero) is 1. The molecule has 2 fully saturated rings. The molecule has 2 unspecified atom stereocenters. The van der Waals surface area contributed by atoms with Gasteiger partial charge in [-0.25, -0.2) is 4.98 Å². The van der Waals surface area contributed by atoms with E-state index in [0.29, 0.717) is 29.9 Å². The minimum Gasteiger partial charge on any atom is -0.349 e. The normalized spacial score (nSPS) is 16.6. The molecule has 2 atom stereocenters. The van der Waals surface area contributed by atoms with Gasteiger partial charge in [-0.3, -0.25) is 24.0 Å². The van der Waals surface area contributed by atoms with E-state index in [1.54, 1.807) is 24.3 Å². The van der Waals surface area contributed by atoms with Crippen molar-refractivity contribution in [2.45, 2.75) is 57.0 Å². The maximum atomic E-state index is 13.5. The van der Waals surface area contributed by atoms with Crippen molar-refractivity contribution >= 4 is 34.5 Å². The number of carbonyl (C=O) groups is 4. The molecule has 11 heteroatoms. The van der Waals surface area contributed by atoms with Gasteiger partial charge in [0.15, 0.2) is 5.82 Å². The number of H-pyrrole nitrogens is 2. The number of imidazole rings is 1. The second kappa shape index (κ2) is 11.6. The van der Waals surface area contributed by atoms with E-state index in [9.17, 15) is 24.0 Å². The van der Waals surface area contributed by atoms with E-state index in [-0.39, 0.29) is 23.7 Å². The van der Waals surface area contributed by atoms with Gasteiger partial charge in [-0.1, -0.05) is 37.5 Å². The number of carbonyl (C=O) groups excluding carboxylic acids is 4. The van der Waals surface area contributed by atoms with Gasteiger partial charge >= 0.3 is 0 Å². The van der Waals surface area contributed by atoms with Crippen LogP contribution in [0.15, 0.2) is 47.4 Å². The Labute approximate surface area is 224 Å². The topological polar surface area (TPSA) is 166 Å². The van der Waals surface area contributed by atoms with Crippen molar-refractivity contribution < 1.29 is 19.2 Å². The van der Waals surface area contributed by atoms with Crippen molar-refractivity contribution in [3.8, 4) is 0 Å². The maximum absolute atomic E-state index is 13.5. The molecule has 0 radical (unpaired) electrons. The predicted molar refractivity (Wildman–Crippen MR) is 143 cm³/mol. The van der Waals surface area contributed by atoms with Crippen LogP contribution >= 0.6 is 0 Å². The van der Waals surface area contributed by atoms with Crippen molar-refractivity contribution in [2.24, 2.45) is 11.8 Å². The molecule has 2 aromatic heterocycles. The van der Waals surface area contributed by atoms with Gasteiger partial charge in [-0.15, -0.1) is 0 Å². The van der Waals surface area contributed by atoms with Crippen molar-refractivity contribution in [3.63, 3.8) is 0 Å². The molecule has 2 aliphatic rings. The minimum atomic E-state index is -1.27. The number of fused-ring (bicyclic) bond motifs is 1.